The summed E-state index contributed by atoms with van der Waals surface area (Å²) >= 11 is 0. The molecular formula is C48H90N10O17. The number of ether oxygens (including phenoxy) is 10. The Morgan fingerprint density at radius 1 is 0.387 bits per heavy atom. The topological polar surface area (TPSA) is 345 Å². The Labute approximate surface area is 442 Å². The summed E-state index contributed by atoms with van der Waals surface area (Å²) in [5.74, 6) is -1.39. The van der Waals surface area contributed by atoms with E-state index in [4.69, 9.17) is 52.9 Å². The number of azide groups is 1. The summed E-state index contributed by atoms with van der Waals surface area (Å²) in [7, 11) is 0. The summed E-state index contributed by atoms with van der Waals surface area (Å²) in [6, 6.07) is 0. The molecule has 0 aliphatic carbocycles. The molecule has 0 radical (unpaired) electrons. The summed E-state index contributed by atoms with van der Waals surface area (Å²) < 4.78 is 55.4. The van der Waals surface area contributed by atoms with Crippen molar-refractivity contribution in [2.45, 2.75) is 130 Å². The third kappa shape index (κ3) is 48.1. The summed E-state index contributed by atoms with van der Waals surface area (Å²) in [5.41, 5.74) is 5.00. The maximum Gasteiger partial charge on any atom is 0.407 e. The van der Waals surface area contributed by atoms with Gasteiger partial charge in [-0.3, -0.25) is 19.2 Å². The molecule has 0 aromatic heterocycles. The first kappa shape index (κ1) is 69.7. The molecule has 0 aliphatic heterocycles. The van der Waals surface area contributed by atoms with Gasteiger partial charge in [0, 0.05) is 76.4 Å². The highest BCUT2D eigenvalue weighted by molar-refractivity contribution is 5.77. The number of carbonyl (C=O) groups is 7. The van der Waals surface area contributed by atoms with Gasteiger partial charge in [-0.25, -0.2) is 14.4 Å². The van der Waals surface area contributed by atoms with Gasteiger partial charge in [0.25, 0.3) is 0 Å². The second-order valence-corrected chi connectivity index (χ2v) is 19.8. The molecule has 0 fully saturated rings. The van der Waals surface area contributed by atoms with Crippen LogP contribution < -0.4 is 37.2 Å². The molecule has 75 heavy (non-hydrogen) atoms. The molecular weight excluding hydrogens is 989 g/mol. The third-order valence-electron chi connectivity index (χ3n) is 8.98. The predicted octanol–water partition coefficient (Wildman–Crippen LogP) is 2.92. The summed E-state index contributed by atoms with van der Waals surface area (Å²) in [6.07, 6.45) is -0.512. The maximum absolute atomic E-state index is 13.5. The molecule has 27 heteroatoms. The van der Waals surface area contributed by atoms with Gasteiger partial charge in [-0.05, 0) is 87.1 Å². The molecule has 0 rings (SSSR count). The van der Waals surface area contributed by atoms with Gasteiger partial charge in [-0.1, -0.05) is 5.11 Å². The molecule has 0 bridgehead atoms. The Bertz CT molecular complexity index is 1530. The molecule has 7 N–H and O–H groups in total. The largest absolute Gasteiger partial charge is 0.444 e. The first-order chi connectivity index (χ1) is 35.4. The Balaban J connectivity index is 5.59. The van der Waals surface area contributed by atoms with Crippen LogP contribution in [-0.4, -0.2) is 203 Å². The average molecular weight is 1080 g/mol. The van der Waals surface area contributed by atoms with E-state index in [0.29, 0.717) is 52.3 Å². The molecule has 0 aliphatic rings. The number of amides is 7. The van der Waals surface area contributed by atoms with Crippen molar-refractivity contribution in [1.82, 2.24) is 37.2 Å². The van der Waals surface area contributed by atoms with Crippen LogP contribution in [0.1, 0.15) is 107 Å². The van der Waals surface area contributed by atoms with Crippen LogP contribution in [0.3, 0.4) is 0 Å². The minimum absolute atomic E-state index is 0.0337. The lowest BCUT2D eigenvalue weighted by Gasteiger charge is -2.34. The Morgan fingerprint density at radius 2 is 0.667 bits per heavy atom. The van der Waals surface area contributed by atoms with Crippen molar-refractivity contribution < 1.29 is 80.9 Å². The first-order valence-corrected chi connectivity index (χ1v) is 25.5. The van der Waals surface area contributed by atoms with Gasteiger partial charge in [-0.2, -0.15) is 0 Å². The Hall–Kier alpha value is -5.28. The third-order valence-corrected chi connectivity index (χ3v) is 8.98. The number of hydrogen-bond acceptors (Lipinski definition) is 18. The minimum Gasteiger partial charge on any atom is -0.444 e. The minimum atomic E-state index is -1.37. The molecule has 7 amide bonds. The molecule has 434 valence electrons. The van der Waals surface area contributed by atoms with Crippen LogP contribution in [0.2, 0.25) is 0 Å². The van der Waals surface area contributed by atoms with E-state index in [2.05, 4.69) is 47.2 Å². The van der Waals surface area contributed by atoms with Crippen molar-refractivity contribution in [3.63, 3.8) is 0 Å². The second kappa shape index (κ2) is 41.9. The monoisotopic (exact) mass is 1080 g/mol. The van der Waals surface area contributed by atoms with E-state index in [1.807, 2.05) is 0 Å². The van der Waals surface area contributed by atoms with E-state index in [1.54, 1.807) is 62.3 Å². The number of carbonyl (C=O) groups excluding carboxylic acids is 7. The zero-order valence-corrected chi connectivity index (χ0v) is 46.1. The molecule has 0 aromatic rings. The number of nitrogens with one attached hydrogen (secondary N) is 7. The van der Waals surface area contributed by atoms with Crippen LogP contribution in [0.25, 0.3) is 10.4 Å². The van der Waals surface area contributed by atoms with Gasteiger partial charge in [0.05, 0.1) is 92.5 Å². The van der Waals surface area contributed by atoms with Gasteiger partial charge in [0.15, 0.2) is 0 Å². The fourth-order valence-corrected chi connectivity index (χ4v) is 5.69. The van der Waals surface area contributed by atoms with Crippen molar-refractivity contribution in [1.29, 1.82) is 0 Å². The summed E-state index contributed by atoms with van der Waals surface area (Å²) in [5, 5.41) is 22.5. The quantitative estimate of drug-likeness (QED) is 0.0152. The lowest BCUT2D eigenvalue weighted by Crippen LogP contribution is -2.59. The highest BCUT2D eigenvalue weighted by atomic mass is 16.6. The fourth-order valence-electron chi connectivity index (χ4n) is 5.69. The van der Waals surface area contributed by atoms with Crippen molar-refractivity contribution in [3.8, 4) is 0 Å². The van der Waals surface area contributed by atoms with Gasteiger partial charge in [0.2, 0.25) is 23.6 Å². The number of alkyl carbamates (subject to hydrolysis) is 3. The van der Waals surface area contributed by atoms with Crippen molar-refractivity contribution in [2.24, 2.45) is 5.11 Å². The van der Waals surface area contributed by atoms with Crippen LogP contribution in [0, 0.1) is 0 Å². The van der Waals surface area contributed by atoms with Gasteiger partial charge in [0.1, 0.15) is 22.3 Å². The van der Waals surface area contributed by atoms with Crippen molar-refractivity contribution in [3.05, 3.63) is 10.4 Å². The molecule has 0 spiro atoms. The lowest BCUT2D eigenvalue weighted by molar-refractivity contribution is -0.131. The van der Waals surface area contributed by atoms with Crippen molar-refractivity contribution >= 4 is 41.9 Å². The van der Waals surface area contributed by atoms with Gasteiger partial charge in [-0.15, -0.1) is 0 Å². The van der Waals surface area contributed by atoms with Gasteiger partial charge < -0.3 is 84.6 Å². The van der Waals surface area contributed by atoms with Crippen LogP contribution >= 0.6 is 0 Å². The molecule has 27 nitrogen and oxygen atoms in total. The Morgan fingerprint density at radius 3 is 0.987 bits per heavy atom. The van der Waals surface area contributed by atoms with E-state index < -0.39 is 46.5 Å². The maximum atomic E-state index is 13.5. The lowest BCUT2D eigenvalue weighted by atomic mass is 10.0. The average Bonchev–Trinajstić information content (AvgIpc) is 3.29. The zero-order chi connectivity index (χ0) is 56.3. The molecule has 0 saturated carbocycles. The van der Waals surface area contributed by atoms with Crippen LogP contribution in [0.4, 0.5) is 14.4 Å². The standard InChI is InChI=1S/C48H90N10O17/c1-45(2,3)73-42(63)53-20-10-17-50-38(59)13-25-70-35-48(36-71-26-14-39(60)51-18-11-21-54-43(64)74-46(4,5)6,37-72-27-15-40(61)52-19-12-22-55-44(65)75-47(7,8)9)57-41(62)16-24-66-29-31-68-33-34-69-32-30-67-28-23-56-58-49/h10-37H2,1-9H3,(H,50,59)(H,51,60)(H,52,61)(H,53,63)(H,54,64)(H,55,65)(H,57,62). The van der Waals surface area contributed by atoms with E-state index in [-0.39, 0.29) is 149 Å². The number of nitrogens with zero attached hydrogens (tertiary/aromatic N) is 3. The van der Waals surface area contributed by atoms with Crippen molar-refractivity contribution in [2.75, 3.05) is 138 Å². The highest BCUT2D eigenvalue weighted by Gasteiger charge is 2.34. The van der Waals surface area contributed by atoms with E-state index in [9.17, 15) is 33.6 Å². The smallest absolute Gasteiger partial charge is 0.407 e. The number of hydrogen-bond donors (Lipinski definition) is 7. The Kier molecular flexibility index (Phi) is 39.0. The zero-order valence-electron chi connectivity index (χ0n) is 46.1. The summed E-state index contributed by atoms with van der Waals surface area (Å²) in [4.78, 5) is 90.0. The van der Waals surface area contributed by atoms with E-state index >= 15 is 0 Å². The highest BCUT2D eigenvalue weighted by Crippen LogP contribution is 2.12. The van der Waals surface area contributed by atoms with Gasteiger partial charge >= 0.3 is 18.3 Å². The van der Waals surface area contributed by atoms with Crippen LogP contribution in [-0.2, 0) is 66.5 Å². The SMILES string of the molecule is CC(C)(C)OC(=O)NCCCNC(=O)CCOCC(COCCC(=O)NCCCNC(=O)OC(C)(C)C)(COCCC(=O)NCCCNC(=O)OC(C)(C)C)NC(=O)CCOCCOCCOCCOCCN=[N+]=[N-]. The molecule has 0 saturated heterocycles. The predicted molar refractivity (Wildman–Crippen MR) is 275 cm³/mol. The van der Waals surface area contributed by atoms with Crippen LogP contribution in [0.15, 0.2) is 5.11 Å². The van der Waals surface area contributed by atoms with Crippen LogP contribution in [0.5, 0.6) is 0 Å². The molecule has 0 heterocycles. The second-order valence-electron chi connectivity index (χ2n) is 19.8. The fraction of sp³-hybridized carbons (Fsp3) is 0.854. The first-order valence-electron chi connectivity index (χ1n) is 25.5. The molecule has 0 unspecified atom stereocenters. The van der Waals surface area contributed by atoms with E-state index in [0.717, 1.165) is 0 Å². The molecule has 0 aromatic carbocycles. The summed E-state index contributed by atoms with van der Waals surface area (Å²) in [6.45, 7) is 19.1. The molecule has 0 atom stereocenters. The normalized spacial score (nSPS) is 11.6. The number of rotatable bonds is 43. The van der Waals surface area contributed by atoms with E-state index in [1.165, 1.54) is 0 Å².